The van der Waals surface area contributed by atoms with Gasteiger partial charge < -0.3 is 24.7 Å². The zero-order valence-corrected chi connectivity index (χ0v) is 9.43. The van der Waals surface area contributed by atoms with Crippen molar-refractivity contribution in [1.82, 2.24) is 0 Å². The standard InChI is InChI=1S/C12H15NO4/c13-10(6-15-9-4-14-5-9)8-1-2-11-12(3-8)17-7-16-11/h1-3,9-10H,4-7,13H2. The Balaban J connectivity index is 1.62. The number of hydrogen-bond donors (Lipinski definition) is 1. The molecule has 0 amide bonds. The van der Waals surface area contributed by atoms with Gasteiger partial charge >= 0.3 is 0 Å². The highest BCUT2D eigenvalue weighted by atomic mass is 16.7. The van der Waals surface area contributed by atoms with Crippen LogP contribution >= 0.6 is 0 Å². The highest BCUT2D eigenvalue weighted by Gasteiger charge is 2.21. The molecule has 3 rings (SSSR count). The quantitative estimate of drug-likeness (QED) is 0.840. The van der Waals surface area contributed by atoms with Crippen LogP contribution in [0.3, 0.4) is 0 Å². The molecule has 1 fully saturated rings. The van der Waals surface area contributed by atoms with Crippen LogP contribution in [0.5, 0.6) is 11.5 Å². The van der Waals surface area contributed by atoms with Gasteiger partial charge in [0.1, 0.15) is 6.10 Å². The Labute approximate surface area is 99.4 Å². The molecule has 0 radical (unpaired) electrons. The fourth-order valence-corrected chi connectivity index (χ4v) is 1.79. The molecule has 5 heteroatoms. The van der Waals surface area contributed by atoms with Gasteiger partial charge in [0.15, 0.2) is 11.5 Å². The summed E-state index contributed by atoms with van der Waals surface area (Å²) in [4.78, 5) is 0. The predicted octanol–water partition coefficient (Wildman–Crippen LogP) is 0.830. The molecule has 2 heterocycles. The third-order valence-electron chi connectivity index (χ3n) is 2.94. The molecule has 17 heavy (non-hydrogen) atoms. The summed E-state index contributed by atoms with van der Waals surface area (Å²) in [6.07, 6.45) is 0.204. The minimum Gasteiger partial charge on any atom is -0.454 e. The molecule has 0 bridgehead atoms. The van der Waals surface area contributed by atoms with Crippen LogP contribution in [0.1, 0.15) is 11.6 Å². The van der Waals surface area contributed by atoms with Crippen molar-refractivity contribution >= 4 is 0 Å². The zero-order chi connectivity index (χ0) is 11.7. The van der Waals surface area contributed by atoms with Crippen LogP contribution in [0.2, 0.25) is 0 Å². The van der Waals surface area contributed by atoms with E-state index in [0.717, 1.165) is 17.1 Å². The molecule has 1 unspecified atom stereocenters. The van der Waals surface area contributed by atoms with E-state index < -0.39 is 0 Å². The number of benzene rings is 1. The summed E-state index contributed by atoms with van der Waals surface area (Å²) in [5.41, 5.74) is 7.05. The van der Waals surface area contributed by atoms with Crippen LogP contribution < -0.4 is 15.2 Å². The molecule has 1 saturated heterocycles. The zero-order valence-electron chi connectivity index (χ0n) is 9.43. The van der Waals surface area contributed by atoms with Gasteiger partial charge in [-0.3, -0.25) is 0 Å². The second kappa shape index (κ2) is 4.52. The van der Waals surface area contributed by atoms with Crippen LogP contribution in [-0.4, -0.2) is 32.7 Å². The first-order valence-corrected chi connectivity index (χ1v) is 5.67. The Morgan fingerprint density at radius 1 is 1.29 bits per heavy atom. The van der Waals surface area contributed by atoms with Crippen molar-refractivity contribution in [2.24, 2.45) is 5.73 Å². The van der Waals surface area contributed by atoms with Gasteiger partial charge in [-0.15, -0.1) is 0 Å². The molecule has 2 N–H and O–H groups in total. The number of hydrogen-bond acceptors (Lipinski definition) is 5. The minimum atomic E-state index is -0.148. The van der Waals surface area contributed by atoms with Gasteiger partial charge in [-0.1, -0.05) is 6.07 Å². The predicted molar refractivity (Wildman–Crippen MR) is 60.1 cm³/mol. The highest BCUT2D eigenvalue weighted by molar-refractivity contribution is 5.45. The molecule has 0 aliphatic carbocycles. The van der Waals surface area contributed by atoms with Crippen LogP contribution in [0.15, 0.2) is 18.2 Å². The van der Waals surface area contributed by atoms with Crippen molar-refractivity contribution in [3.05, 3.63) is 23.8 Å². The summed E-state index contributed by atoms with van der Waals surface area (Å²) in [7, 11) is 0. The van der Waals surface area contributed by atoms with Crippen molar-refractivity contribution in [2.45, 2.75) is 12.1 Å². The lowest BCUT2D eigenvalue weighted by Crippen LogP contribution is -2.37. The second-order valence-electron chi connectivity index (χ2n) is 4.21. The number of ether oxygens (including phenoxy) is 4. The fourth-order valence-electron chi connectivity index (χ4n) is 1.79. The first-order valence-electron chi connectivity index (χ1n) is 5.67. The summed E-state index contributed by atoms with van der Waals surface area (Å²) in [6, 6.07) is 5.58. The van der Waals surface area contributed by atoms with Gasteiger partial charge in [-0.05, 0) is 17.7 Å². The van der Waals surface area contributed by atoms with Gasteiger partial charge in [0.25, 0.3) is 0 Å². The van der Waals surface area contributed by atoms with Crippen LogP contribution in [0.25, 0.3) is 0 Å². The Morgan fingerprint density at radius 3 is 2.88 bits per heavy atom. The molecule has 92 valence electrons. The molecule has 2 aliphatic rings. The molecule has 2 aliphatic heterocycles. The lowest BCUT2D eigenvalue weighted by atomic mass is 10.1. The van der Waals surface area contributed by atoms with Gasteiger partial charge in [-0.25, -0.2) is 0 Å². The minimum absolute atomic E-state index is 0.148. The van der Waals surface area contributed by atoms with E-state index in [0.29, 0.717) is 19.8 Å². The summed E-state index contributed by atoms with van der Waals surface area (Å²) < 4.78 is 21.2. The fraction of sp³-hybridized carbons (Fsp3) is 0.500. The van der Waals surface area contributed by atoms with Crippen LogP contribution in [0.4, 0.5) is 0 Å². The normalized spacial score (nSPS) is 20.1. The Morgan fingerprint density at radius 2 is 2.12 bits per heavy atom. The van der Waals surface area contributed by atoms with Crippen molar-refractivity contribution in [2.75, 3.05) is 26.6 Å². The molecular formula is C12H15NO4. The van der Waals surface area contributed by atoms with E-state index in [2.05, 4.69) is 0 Å². The highest BCUT2D eigenvalue weighted by Crippen LogP contribution is 2.33. The molecular weight excluding hydrogens is 222 g/mol. The van der Waals surface area contributed by atoms with Crippen LogP contribution in [0, 0.1) is 0 Å². The van der Waals surface area contributed by atoms with Crippen molar-refractivity contribution < 1.29 is 18.9 Å². The van der Waals surface area contributed by atoms with Crippen molar-refractivity contribution in [3.63, 3.8) is 0 Å². The summed E-state index contributed by atoms with van der Waals surface area (Å²) in [6.45, 7) is 2.12. The van der Waals surface area contributed by atoms with E-state index in [1.165, 1.54) is 0 Å². The third kappa shape index (κ3) is 2.22. The Kier molecular flexibility index (Phi) is 2.88. The number of fused-ring (bicyclic) bond motifs is 1. The van der Waals surface area contributed by atoms with E-state index >= 15 is 0 Å². The average molecular weight is 237 g/mol. The summed E-state index contributed by atoms with van der Waals surface area (Å²) >= 11 is 0. The smallest absolute Gasteiger partial charge is 0.231 e. The molecule has 5 nitrogen and oxygen atoms in total. The van der Waals surface area contributed by atoms with Crippen molar-refractivity contribution in [3.8, 4) is 11.5 Å². The lowest BCUT2D eigenvalue weighted by molar-refractivity contribution is -0.131. The maximum atomic E-state index is 6.05. The first-order chi connectivity index (χ1) is 8.33. The van der Waals surface area contributed by atoms with Gasteiger partial charge in [0.2, 0.25) is 6.79 Å². The second-order valence-corrected chi connectivity index (χ2v) is 4.21. The average Bonchev–Trinajstić information content (AvgIpc) is 2.73. The summed E-state index contributed by atoms with van der Waals surface area (Å²) in [5.74, 6) is 1.53. The van der Waals surface area contributed by atoms with E-state index in [4.69, 9.17) is 24.7 Å². The van der Waals surface area contributed by atoms with Crippen molar-refractivity contribution in [1.29, 1.82) is 0 Å². The monoisotopic (exact) mass is 237 g/mol. The molecule has 0 spiro atoms. The third-order valence-corrected chi connectivity index (χ3v) is 2.94. The number of rotatable bonds is 4. The lowest BCUT2D eigenvalue weighted by Gasteiger charge is -2.27. The van der Waals surface area contributed by atoms with Crippen LogP contribution in [-0.2, 0) is 9.47 Å². The van der Waals surface area contributed by atoms with Gasteiger partial charge in [0, 0.05) is 0 Å². The maximum absolute atomic E-state index is 6.05. The number of nitrogens with two attached hydrogens (primary N) is 1. The topological polar surface area (TPSA) is 62.9 Å². The molecule has 0 aromatic heterocycles. The first kappa shape index (κ1) is 10.8. The van der Waals surface area contributed by atoms with E-state index in [1.54, 1.807) is 0 Å². The molecule has 0 saturated carbocycles. The summed E-state index contributed by atoms with van der Waals surface area (Å²) in [5, 5.41) is 0. The molecule has 1 aromatic carbocycles. The van der Waals surface area contributed by atoms with E-state index in [1.807, 2.05) is 18.2 Å². The molecule has 1 aromatic rings. The maximum Gasteiger partial charge on any atom is 0.231 e. The Hall–Kier alpha value is -1.30. The van der Waals surface area contributed by atoms with Gasteiger partial charge in [-0.2, -0.15) is 0 Å². The SMILES string of the molecule is NC(COC1COC1)c1ccc2c(c1)OCO2. The Bertz CT molecular complexity index is 405. The largest absolute Gasteiger partial charge is 0.454 e. The molecule has 1 atom stereocenters. The van der Waals surface area contributed by atoms with Gasteiger partial charge in [0.05, 0.1) is 25.9 Å². The van der Waals surface area contributed by atoms with E-state index in [9.17, 15) is 0 Å². The van der Waals surface area contributed by atoms with E-state index in [-0.39, 0.29) is 18.9 Å².